The van der Waals surface area contributed by atoms with E-state index in [0.29, 0.717) is 7.05 Å². The molecule has 0 saturated carbocycles. The third-order valence-corrected chi connectivity index (χ3v) is 5.33. The molecule has 0 aliphatic heterocycles. The van der Waals surface area contributed by atoms with Gasteiger partial charge in [-0.25, -0.2) is 8.42 Å². The predicted octanol–water partition coefficient (Wildman–Crippen LogP) is 2.49. The Morgan fingerprint density at radius 1 is 1.13 bits per heavy atom. The Kier molecular flexibility index (Phi) is 6.56. The number of hydrogen-bond acceptors (Lipinski definition) is 3. The van der Waals surface area contributed by atoms with E-state index >= 15 is 0 Å². The van der Waals surface area contributed by atoms with Crippen molar-refractivity contribution >= 4 is 10.0 Å². The van der Waals surface area contributed by atoms with Crippen LogP contribution < -0.4 is 0 Å². The van der Waals surface area contributed by atoms with Crippen molar-refractivity contribution in [2.75, 3.05) is 33.7 Å². The number of sulfonamides is 1. The van der Waals surface area contributed by atoms with E-state index in [1.807, 2.05) is 0 Å². The maximum absolute atomic E-state index is 13.5. The highest BCUT2D eigenvalue weighted by Gasteiger charge is 2.76. The summed E-state index contributed by atoms with van der Waals surface area (Å²) in [4.78, 5) is 0. The first kappa shape index (κ1) is 22.4. The van der Waals surface area contributed by atoms with Crippen LogP contribution in [0, 0.1) is 5.21 Å². The molecule has 0 rings (SSSR count). The molecular formula is C11H20F6N2O3S. The van der Waals surface area contributed by atoms with Crippen molar-refractivity contribution in [2.24, 2.45) is 0 Å². The summed E-state index contributed by atoms with van der Waals surface area (Å²) in [7, 11) is -4.22. The van der Waals surface area contributed by atoms with Crippen LogP contribution in [0.25, 0.3) is 0 Å². The Balaban J connectivity index is 5.25. The second-order valence-electron chi connectivity index (χ2n) is 5.50. The van der Waals surface area contributed by atoms with Gasteiger partial charge in [0.2, 0.25) is 0 Å². The van der Waals surface area contributed by atoms with Crippen molar-refractivity contribution in [3.63, 3.8) is 0 Å². The van der Waals surface area contributed by atoms with Crippen LogP contribution in [0.5, 0.6) is 0 Å². The number of rotatable bonds is 9. The molecular weight excluding hydrogens is 354 g/mol. The zero-order valence-electron chi connectivity index (χ0n) is 13.1. The van der Waals surface area contributed by atoms with Crippen molar-refractivity contribution in [1.29, 1.82) is 0 Å². The summed E-state index contributed by atoms with van der Waals surface area (Å²) in [6.07, 6.45) is -0.201. The van der Waals surface area contributed by atoms with Gasteiger partial charge >= 0.3 is 17.1 Å². The molecule has 5 nitrogen and oxygen atoms in total. The monoisotopic (exact) mass is 374 g/mol. The molecule has 0 bridgehead atoms. The summed E-state index contributed by atoms with van der Waals surface area (Å²) in [5, 5.41) is 5.60. The van der Waals surface area contributed by atoms with E-state index in [-0.39, 0.29) is 23.8 Å². The van der Waals surface area contributed by atoms with E-state index in [0.717, 1.165) is 0 Å². The van der Waals surface area contributed by atoms with Gasteiger partial charge < -0.3 is 9.85 Å². The maximum Gasteiger partial charge on any atom is 0.427 e. The molecule has 0 amide bonds. The molecule has 0 radical (unpaired) electrons. The number of nitrogens with zero attached hydrogens (tertiary/aromatic N) is 2. The topological polar surface area (TPSA) is 60.4 Å². The Labute approximate surface area is 131 Å². The van der Waals surface area contributed by atoms with Gasteiger partial charge in [0.25, 0.3) is 10.0 Å². The number of alkyl halides is 6. The summed E-state index contributed by atoms with van der Waals surface area (Å²) in [6, 6.07) is 0. The summed E-state index contributed by atoms with van der Waals surface area (Å²) >= 11 is 0. The van der Waals surface area contributed by atoms with Crippen molar-refractivity contribution < 1.29 is 39.4 Å². The minimum atomic E-state index is -6.08. The average Bonchev–Trinajstić information content (AvgIpc) is 2.36. The van der Waals surface area contributed by atoms with Crippen molar-refractivity contribution in [2.45, 2.75) is 37.4 Å². The van der Waals surface area contributed by atoms with Crippen LogP contribution in [0.1, 0.15) is 20.3 Å². The molecule has 0 N–H and O–H groups in total. The van der Waals surface area contributed by atoms with Gasteiger partial charge in [0.15, 0.2) is 0 Å². The summed E-state index contributed by atoms with van der Waals surface area (Å²) in [6.45, 7) is 0.359. The first-order chi connectivity index (χ1) is 9.94. The van der Waals surface area contributed by atoms with Gasteiger partial charge in [-0.05, 0) is 6.92 Å². The highest BCUT2D eigenvalue weighted by molar-refractivity contribution is 7.90. The molecule has 140 valence electrons. The van der Waals surface area contributed by atoms with Gasteiger partial charge in [-0.15, -0.1) is 0 Å². The molecule has 0 aromatic heterocycles. The Hall–Kier alpha value is -0.590. The molecule has 0 aromatic carbocycles. The molecule has 0 saturated heterocycles. The van der Waals surface area contributed by atoms with Gasteiger partial charge in [-0.1, -0.05) is 0 Å². The van der Waals surface area contributed by atoms with Crippen LogP contribution in [0.15, 0.2) is 0 Å². The molecule has 0 aromatic rings. The minimum Gasteiger partial charge on any atom is -0.633 e. The maximum atomic E-state index is 13.5. The molecule has 1 unspecified atom stereocenters. The third kappa shape index (κ3) is 4.48. The lowest BCUT2D eigenvalue weighted by atomic mass is 10.2. The largest absolute Gasteiger partial charge is 0.633 e. The number of halogens is 6. The molecule has 0 fully saturated rings. The fourth-order valence-electron chi connectivity index (χ4n) is 1.52. The lowest BCUT2D eigenvalue weighted by Crippen LogP contribution is -2.59. The minimum absolute atomic E-state index is 0.132. The van der Waals surface area contributed by atoms with Crippen molar-refractivity contribution in [1.82, 2.24) is 4.31 Å². The lowest BCUT2D eigenvalue weighted by Gasteiger charge is -2.38. The molecule has 23 heavy (non-hydrogen) atoms. The molecule has 0 spiro atoms. The van der Waals surface area contributed by atoms with Crippen LogP contribution >= 0.6 is 0 Å². The van der Waals surface area contributed by atoms with Crippen molar-refractivity contribution in [3.8, 4) is 0 Å². The van der Waals surface area contributed by atoms with Crippen molar-refractivity contribution in [3.05, 3.63) is 5.21 Å². The molecule has 1 atom stereocenters. The quantitative estimate of drug-likeness (QED) is 0.354. The highest BCUT2D eigenvalue weighted by atomic mass is 32.2. The molecule has 0 aliphatic rings. The molecule has 0 aliphatic carbocycles. The average molecular weight is 374 g/mol. The van der Waals surface area contributed by atoms with E-state index in [2.05, 4.69) is 0 Å². The number of quaternary nitrogens is 1. The fourth-order valence-corrected chi connectivity index (χ4v) is 2.78. The summed E-state index contributed by atoms with van der Waals surface area (Å²) in [5.74, 6) is -11.3. The van der Waals surface area contributed by atoms with Gasteiger partial charge in [-0.2, -0.15) is 30.6 Å². The van der Waals surface area contributed by atoms with Crippen LogP contribution in [0.4, 0.5) is 26.3 Å². The van der Waals surface area contributed by atoms with Gasteiger partial charge in [0.05, 0.1) is 20.1 Å². The molecule has 0 heterocycles. The van der Waals surface area contributed by atoms with Gasteiger partial charge in [0.1, 0.15) is 0 Å². The second kappa shape index (κ2) is 6.73. The third-order valence-electron chi connectivity index (χ3n) is 3.42. The van der Waals surface area contributed by atoms with Crippen LogP contribution in [0.3, 0.4) is 0 Å². The zero-order valence-corrected chi connectivity index (χ0v) is 13.9. The standard InChI is InChI=1S/C11H20F6N2O3S/c1-5-19(4,20)8-6-7-18(3)23(21,22)11(16,17)10(14,15)9(2,12)13/h5-8H2,1-4H3. The fraction of sp³-hybridized carbons (Fsp3) is 1.00. The Morgan fingerprint density at radius 2 is 1.57 bits per heavy atom. The Bertz CT molecular complexity index is 504. The predicted molar refractivity (Wildman–Crippen MR) is 71.6 cm³/mol. The summed E-state index contributed by atoms with van der Waals surface area (Å²) in [5.41, 5.74) is 0. The normalized spacial score (nSPS) is 17.4. The van der Waals surface area contributed by atoms with Crippen LogP contribution in [-0.4, -0.2) is 68.2 Å². The van der Waals surface area contributed by atoms with E-state index in [9.17, 15) is 40.0 Å². The van der Waals surface area contributed by atoms with Gasteiger partial charge in [-0.3, -0.25) is 0 Å². The van der Waals surface area contributed by atoms with E-state index in [1.54, 1.807) is 6.92 Å². The second-order valence-corrected chi connectivity index (χ2v) is 7.58. The SMILES string of the molecule is CC[N+](C)([O-])CCCN(C)S(=O)(=O)C(F)(F)C(F)(F)C(C)(F)F. The summed E-state index contributed by atoms with van der Waals surface area (Å²) < 4.78 is 101. The number of hydrogen-bond donors (Lipinski definition) is 0. The van der Waals surface area contributed by atoms with E-state index in [4.69, 9.17) is 0 Å². The lowest BCUT2D eigenvalue weighted by molar-refractivity contribution is -0.858. The molecule has 12 heteroatoms. The number of hydroxylamine groups is 3. The first-order valence-corrected chi connectivity index (χ1v) is 8.03. The van der Waals surface area contributed by atoms with Crippen LogP contribution in [0.2, 0.25) is 0 Å². The van der Waals surface area contributed by atoms with Gasteiger partial charge in [0, 0.05) is 26.9 Å². The van der Waals surface area contributed by atoms with E-state index in [1.165, 1.54) is 7.05 Å². The first-order valence-electron chi connectivity index (χ1n) is 6.59. The Morgan fingerprint density at radius 3 is 1.91 bits per heavy atom. The van der Waals surface area contributed by atoms with Crippen LogP contribution in [-0.2, 0) is 10.0 Å². The smallest absolute Gasteiger partial charge is 0.427 e. The van der Waals surface area contributed by atoms with E-state index < -0.39 is 45.2 Å². The highest BCUT2D eigenvalue weighted by Crippen LogP contribution is 2.48. The zero-order chi connectivity index (χ0) is 18.9.